The molecule has 3 heterocycles. The van der Waals surface area contributed by atoms with Crippen molar-refractivity contribution in [3.05, 3.63) is 0 Å². The van der Waals surface area contributed by atoms with Gasteiger partial charge in [-0.25, -0.2) is 4.79 Å². The van der Waals surface area contributed by atoms with Crippen LogP contribution in [0.25, 0.3) is 0 Å². The molecule has 16 atom stereocenters. The molecular formula is C29H53N3O19. The first-order valence-corrected chi connectivity index (χ1v) is 15.9. The van der Waals surface area contributed by atoms with Crippen LogP contribution in [0.15, 0.2) is 0 Å². The highest BCUT2D eigenvalue weighted by molar-refractivity contribution is 5.76. The first-order valence-electron chi connectivity index (χ1n) is 15.9. The van der Waals surface area contributed by atoms with E-state index in [9.17, 15) is 65.4 Å². The summed E-state index contributed by atoms with van der Waals surface area (Å²) < 4.78 is 33.7. The number of aliphatic hydroxyl groups excluding tert-OH is 9. The summed E-state index contributed by atoms with van der Waals surface area (Å²) in [6.45, 7) is -0.200. The number of aliphatic carboxylic acids is 1. The molecule has 51 heavy (non-hydrogen) atoms. The van der Waals surface area contributed by atoms with Gasteiger partial charge in [0.1, 0.15) is 67.1 Å². The van der Waals surface area contributed by atoms with Crippen LogP contribution in [0, 0.1) is 0 Å². The molecule has 3 rings (SSSR count). The minimum atomic E-state index is -2.84. The lowest BCUT2D eigenvalue weighted by atomic mass is 9.88. The van der Waals surface area contributed by atoms with Crippen molar-refractivity contribution in [3.63, 3.8) is 0 Å². The second-order valence-electron chi connectivity index (χ2n) is 12.3. The molecule has 0 aromatic carbocycles. The van der Waals surface area contributed by atoms with E-state index >= 15 is 0 Å². The Balaban J connectivity index is 0.00000901. The number of ether oxygens (including phenoxy) is 6. The molecule has 3 aliphatic heterocycles. The van der Waals surface area contributed by atoms with E-state index in [0.717, 1.165) is 13.8 Å². The molecule has 0 saturated carbocycles. The third kappa shape index (κ3) is 10.7. The molecule has 14 N–H and O–H groups in total. The SMILES string of the molecule is C.CC(=O)NC1[C@H](OCCCN)OC(CO)[C@@H](O[C@@H]2OC(CO[C@]3(C(=O)O)C[C@@H](O)[C@@H](NC(C)=O)C(C(O)C(O)CO)O3)[C@H](O)[C@H](O)C2O)[C@@H]1O. The molecule has 0 radical (unpaired) electrons. The molecule has 7 unspecified atom stereocenters. The Labute approximate surface area is 292 Å². The number of carboxylic acid groups (broad SMARTS) is 1. The molecule has 0 aliphatic carbocycles. The molecule has 0 aromatic heterocycles. The smallest absolute Gasteiger partial charge is 0.364 e. The van der Waals surface area contributed by atoms with Crippen LogP contribution in [-0.4, -0.2) is 199 Å². The molecule has 0 aromatic rings. The van der Waals surface area contributed by atoms with Crippen LogP contribution in [0.4, 0.5) is 0 Å². The van der Waals surface area contributed by atoms with Gasteiger partial charge in [-0.05, 0) is 13.0 Å². The van der Waals surface area contributed by atoms with E-state index in [0.29, 0.717) is 6.42 Å². The fourth-order valence-electron chi connectivity index (χ4n) is 5.86. The van der Waals surface area contributed by atoms with Crippen molar-refractivity contribution in [3.8, 4) is 0 Å². The number of carbonyl (C=O) groups is 3. The summed E-state index contributed by atoms with van der Waals surface area (Å²) in [6, 6.07) is -2.76. The quantitative estimate of drug-likeness (QED) is 0.0652. The number of hydrogen-bond donors (Lipinski definition) is 13. The van der Waals surface area contributed by atoms with Gasteiger partial charge in [0, 0.05) is 20.3 Å². The van der Waals surface area contributed by atoms with Crippen LogP contribution >= 0.6 is 0 Å². The zero-order valence-electron chi connectivity index (χ0n) is 27.3. The molecule has 0 bridgehead atoms. The number of nitrogens with one attached hydrogen (secondary N) is 2. The Bertz CT molecular complexity index is 1120. The summed E-state index contributed by atoms with van der Waals surface area (Å²) in [5, 5.41) is 109. The average Bonchev–Trinajstić information content (AvgIpc) is 3.06. The Hall–Kier alpha value is -2.23. The third-order valence-corrected chi connectivity index (χ3v) is 8.48. The highest BCUT2D eigenvalue weighted by Gasteiger charge is 2.57. The second-order valence-corrected chi connectivity index (χ2v) is 12.3. The van der Waals surface area contributed by atoms with E-state index in [1.54, 1.807) is 0 Å². The number of aliphatic hydroxyl groups is 9. The Kier molecular flexibility index (Phi) is 17.4. The van der Waals surface area contributed by atoms with Crippen LogP contribution in [-0.2, 0) is 42.8 Å². The van der Waals surface area contributed by atoms with Gasteiger partial charge in [-0.15, -0.1) is 0 Å². The van der Waals surface area contributed by atoms with Crippen molar-refractivity contribution in [1.29, 1.82) is 0 Å². The van der Waals surface area contributed by atoms with Gasteiger partial charge in [-0.3, -0.25) is 9.59 Å². The van der Waals surface area contributed by atoms with Crippen LogP contribution < -0.4 is 16.4 Å². The standard InChI is InChI=1S/C28H49N3O19.CH4/c1-10(34)30-16-12(36)6-28(27(43)44,50-24(16)18(38)13(37)7-32)46-9-15-19(39)21(41)22(42)26(48-15)49-23-14(8-33)47-25(45-5-3-4-29)17(20(23)40)31-11(2)35;/h12-26,32-33,36-42H,3-9,29H2,1-2H3,(H,30,34)(H,31,35)(H,43,44);1H4/t12-,13?,14?,15?,16-,17?,18?,19+,20-,21+,22?,23-,24?,25-,26+,28-;/m1./s1. The van der Waals surface area contributed by atoms with Crippen molar-refractivity contribution in [1.82, 2.24) is 10.6 Å². The Morgan fingerprint density at radius 3 is 2.06 bits per heavy atom. The van der Waals surface area contributed by atoms with Crippen molar-refractivity contribution in [2.24, 2.45) is 5.73 Å². The van der Waals surface area contributed by atoms with Crippen molar-refractivity contribution in [2.75, 3.05) is 33.0 Å². The van der Waals surface area contributed by atoms with E-state index in [4.69, 9.17) is 34.2 Å². The van der Waals surface area contributed by atoms with Gasteiger partial charge >= 0.3 is 5.97 Å². The summed E-state index contributed by atoms with van der Waals surface area (Å²) in [5.74, 6) is -6.02. The minimum absolute atomic E-state index is 0. The Morgan fingerprint density at radius 2 is 1.51 bits per heavy atom. The normalized spacial score (nSPS) is 39.6. The van der Waals surface area contributed by atoms with E-state index in [1.807, 2.05) is 0 Å². The van der Waals surface area contributed by atoms with E-state index in [-0.39, 0.29) is 20.6 Å². The van der Waals surface area contributed by atoms with Gasteiger partial charge in [-0.1, -0.05) is 7.43 Å². The first-order chi connectivity index (χ1) is 23.5. The van der Waals surface area contributed by atoms with E-state index < -0.39 is 142 Å². The van der Waals surface area contributed by atoms with Gasteiger partial charge in [-0.2, -0.15) is 0 Å². The summed E-state index contributed by atoms with van der Waals surface area (Å²) in [5.41, 5.74) is 5.49. The lowest BCUT2D eigenvalue weighted by Gasteiger charge is -2.48. The second kappa shape index (κ2) is 19.7. The van der Waals surface area contributed by atoms with Gasteiger partial charge in [0.2, 0.25) is 11.8 Å². The van der Waals surface area contributed by atoms with Crippen LogP contribution in [0.2, 0.25) is 0 Å². The van der Waals surface area contributed by atoms with Gasteiger partial charge in [0.25, 0.3) is 5.79 Å². The molecular weight excluding hydrogens is 694 g/mol. The zero-order valence-corrected chi connectivity index (χ0v) is 27.3. The number of rotatable bonds is 16. The fraction of sp³-hybridized carbons (Fsp3) is 0.897. The predicted molar refractivity (Wildman–Crippen MR) is 166 cm³/mol. The van der Waals surface area contributed by atoms with E-state index in [2.05, 4.69) is 10.6 Å². The first kappa shape index (κ1) is 44.9. The van der Waals surface area contributed by atoms with Crippen LogP contribution in [0.1, 0.15) is 34.1 Å². The molecule has 22 heteroatoms. The summed E-state index contributed by atoms with van der Waals surface area (Å²) in [6.07, 6.45) is -23.6. The predicted octanol–water partition coefficient (Wildman–Crippen LogP) is -7.07. The van der Waals surface area contributed by atoms with Gasteiger partial charge in [0.05, 0.1) is 38.6 Å². The highest BCUT2D eigenvalue weighted by Crippen LogP contribution is 2.35. The number of amides is 2. The minimum Gasteiger partial charge on any atom is -0.477 e. The zero-order chi connectivity index (χ0) is 37.5. The number of hydrogen-bond acceptors (Lipinski definition) is 19. The topological polar surface area (TPSA) is 359 Å². The van der Waals surface area contributed by atoms with Crippen molar-refractivity contribution >= 4 is 17.8 Å². The molecule has 3 fully saturated rings. The number of carboxylic acids is 1. The maximum atomic E-state index is 12.5. The van der Waals surface area contributed by atoms with Gasteiger partial charge < -0.3 is 95.9 Å². The lowest BCUT2D eigenvalue weighted by Crippen LogP contribution is -2.69. The molecule has 3 aliphatic rings. The molecule has 0 spiro atoms. The molecule has 2 amide bonds. The highest BCUT2D eigenvalue weighted by atomic mass is 16.8. The monoisotopic (exact) mass is 747 g/mol. The molecule has 22 nitrogen and oxygen atoms in total. The lowest BCUT2D eigenvalue weighted by molar-refractivity contribution is -0.360. The largest absolute Gasteiger partial charge is 0.477 e. The summed E-state index contributed by atoms with van der Waals surface area (Å²) in [7, 11) is 0. The molecule has 298 valence electrons. The van der Waals surface area contributed by atoms with E-state index in [1.165, 1.54) is 0 Å². The van der Waals surface area contributed by atoms with Crippen molar-refractivity contribution < 1.29 is 93.9 Å². The Morgan fingerprint density at radius 1 is 0.902 bits per heavy atom. The summed E-state index contributed by atoms with van der Waals surface area (Å²) in [4.78, 5) is 36.2. The summed E-state index contributed by atoms with van der Waals surface area (Å²) >= 11 is 0. The van der Waals surface area contributed by atoms with Gasteiger partial charge in [0.15, 0.2) is 12.6 Å². The average molecular weight is 748 g/mol. The number of nitrogens with two attached hydrogens (primary N) is 1. The van der Waals surface area contributed by atoms with Crippen LogP contribution in [0.5, 0.6) is 0 Å². The third-order valence-electron chi connectivity index (χ3n) is 8.48. The number of carbonyl (C=O) groups excluding carboxylic acids is 2. The maximum Gasteiger partial charge on any atom is 0.364 e. The maximum absolute atomic E-state index is 12.5. The van der Waals surface area contributed by atoms with Crippen molar-refractivity contribution in [2.45, 2.75) is 132 Å². The van der Waals surface area contributed by atoms with Crippen LogP contribution in [0.3, 0.4) is 0 Å². The molecule has 3 saturated heterocycles. The fourth-order valence-corrected chi connectivity index (χ4v) is 5.86.